The molecule has 0 fully saturated rings. The first kappa shape index (κ1) is 17.5. The van der Waals surface area contributed by atoms with E-state index in [-0.39, 0.29) is 5.91 Å². The molecule has 21 heavy (non-hydrogen) atoms. The number of nitrogens with zero attached hydrogens (tertiary/aromatic N) is 1. The van der Waals surface area contributed by atoms with Crippen LogP contribution in [0.3, 0.4) is 0 Å². The molecule has 0 aromatic heterocycles. The van der Waals surface area contributed by atoms with Gasteiger partial charge in [0.15, 0.2) is 0 Å². The van der Waals surface area contributed by atoms with E-state index < -0.39 is 23.5 Å². The first-order valence-corrected chi connectivity index (χ1v) is 6.93. The van der Waals surface area contributed by atoms with Crippen molar-refractivity contribution in [1.82, 2.24) is 0 Å². The minimum Gasteiger partial charge on any atom is -0.480 e. The van der Waals surface area contributed by atoms with E-state index in [0.29, 0.717) is 10.7 Å². The molecule has 0 spiro atoms. The van der Waals surface area contributed by atoms with Crippen LogP contribution in [0.15, 0.2) is 24.3 Å². The Hall–Kier alpha value is -1.59. The van der Waals surface area contributed by atoms with E-state index in [4.69, 9.17) is 22.4 Å². The molecule has 1 aromatic rings. The van der Waals surface area contributed by atoms with Crippen molar-refractivity contribution in [3.63, 3.8) is 0 Å². The van der Waals surface area contributed by atoms with Crippen LogP contribution in [0.1, 0.15) is 27.7 Å². The van der Waals surface area contributed by atoms with Gasteiger partial charge in [-0.3, -0.25) is 9.59 Å². The van der Waals surface area contributed by atoms with Crippen molar-refractivity contribution in [3.8, 4) is 0 Å². The summed E-state index contributed by atoms with van der Waals surface area (Å²) in [5.41, 5.74) is 4.76. The van der Waals surface area contributed by atoms with Crippen molar-refractivity contribution in [2.75, 3.05) is 11.4 Å². The van der Waals surface area contributed by atoms with Gasteiger partial charge in [0.1, 0.15) is 6.54 Å². The molecule has 0 aliphatic rings. The molecule has 3 N–H and O–H groups in total. The number of aliphatic carboxylic acids is 1. The fraction of sp³-hybridized carbons (Fsp3) is 0.467. The molecule has 116 valence electrons. The summed E-state index contributed by atoms with van der Waals surface area (Å²) >= 11 is 5.92. The van der Waals surface area contributed by atoms with E-state index in [1.54, 1.807) is 52.0 Å². The molecule has 1 amide bonds. The third kappa shape index (κ3) is 3.95. The van der Waals surface area contributed by atoms with Crippen LogP contribution in [0.4, 0.5) is 5.69 Å². The molecule has 0 radical (unpaired) electrons. The normalized spacial score (nSPS) is 12.1. The highest BCUT2D eigenvalue weighted by Crippen LogP contribution is 2.33. The molecule has 0 bridgehead atoms. The molecule has 0 saturated carbocycles. The molecule has 5 nitrogen and oxygen atoms in total. The number of hydrogen-bond donors (Lipinski definition) is 2. The number of carboxylic acids is 1. The van der Waals surface area contributed by atoms with Crippen LogP contribution in [-0.2, 0) is 9.59 Å². The molecule has 0 atom stereocenters. The number of carboxylic acid groups (broad SMARTS) is 1. The van der Waals surface area contributed by atoms with E-state index in [9.17, 15) is 9.59 Å². The summed E-state index contributed by atoms with van der Waals surface area (Å²) in [4.78, 5) is 25.1. The number of anilines is 1. The van der Waals surface area contributed by atoms with Gasteiger partial charge in [-0.05, 0) is 45.9 Å². The minimum atomic E-state index is -1.10. The molecule has 0 heterocycles. The smallest absolute Gasteiger partial charge is 0.323 e. The summed E-state index contributed by atoms with van der Waals surface area (Å²) in [5.74, 6) is -1.46. The second-order valence-corrected chi connectivity index (χ2v) is 6.55. The SMILES string of the molecule is CC(C)(N)C(C)(C)C(=O)N(CC(=O)O)c1cccc(Cl)c1. The van der Waals surface area contributed by atoms with Gasteiger partial charge in [0.25, 0.3) is 0 Å². The molecule has 1 aromatic carbocycles. The zero-order valence-electron chi connectivity index (χ0n) is 12.7. The monoisotopic (exact) mass is 312 g/mol. The lowest BCUT2D eigenvalue weighted by Gasteiger charge is -2.40. The highest BCUT2D eigenvalue weighted by Gasteiger charge is 2.43. The highest BCUT2D eigenvalue weighted by molar-refractivity contribution is 6.31. The van der Waals surface area contributed by atoms with Gasteiger partial charge in [-0.2, -0.15) is 0 Å². The predicted molar refractivity (Wildman–Crippen MR) is 83.5 cm³/mol. The van der Waals surface area contributed by atoms with Gasteiger partial charge >= 0.3 is 5.97 Å². The number of rotatable bonds is 5. The van der Waals surface area contributed by atoms with Gasteiger partial charge in [0, 0.05) is 16.2 Å². The number of nitrogens with two attached hydrogens (primary N) is 1. The van der Waals surface area contributed by atoms with Gasteiger partial charge in [-0.25, -0.2) is 0 Å². The molecule has 0 saturated heterocycles. The third-order valence-corrected chi connectivity index (χ3v) is 4.04. The lowest BCUT2D eigenvalue weighted by atomic mass is 9.74. The first-order valence-electron chi connectivity index (χ1n) is 6.55. The minimum absolute atomic E-state index is 0.361. The Morgan fingerprint density at radius 2 is 1.86 bits per heavy atom. The van der Waals surface area contributed by atoms with Gasteiger partial charge in [0.05, 0.1) is 5.41 Å². The van der Waals surface area contributed by atoms with Crippen molar-refractivity contribution in [2.24, 2.45) is 11.1 Å². The van der Waals surface area contributed by atoms with Crippen LogP contribution in [0, 0.1) is 5.41 Å². The largest absolute Gasteiger partial charge is 0.480 e. The highest BCUT2D eigenvalue weighted by atomic mass is 35.5. The third-order valence-electron chi connectivity index (χ3n) is 3.80. The topological polar surface area (TPSA) is 83.6 Å². The quantitative estimate of drug-likeness (QED) is 0.875. The Morgan fingerprint density at radius 3 is 2.29 bits per heavy atom. The molecule has 1 rings (SSSR count). The fourth-order valence-corrected chi connectivity index (χ4v) is 1.86. The van der Waals surface area contributed by atoms with Crippen LogP contribution in [-0.4, -0.2) is 29.1 Å². The Labute approximate surface area is 129 Å². The summed E-state index contributed by atoms with van der Waals surface area (Å²) in [6, 6.07) is 6.53. The Balaban J connectivity index is 3.26. The maximum Gasteiger partial charge on any atom is 0.323 e. The first-order chi connectivity index (χ1) is 9.46. The molecule has 0 aliphatic heterocycles. The summed E-state index contributed by atoms with van der Waals surface area (Å²) < 4.78 is 0. The number of amides is 1. The van der Waals surface area contributed by atoms with Crippen LogP contribution >= 0.6 is 11.6 Å². The molecule has 6 heteroatoms. The summed E-state index contributed by atoms with van der Waals surface area (Å²) in [5, 5.41) is 9.50. The van der Waals surface area contributed by atoms with Crippen LogP contribution in [0.2, 0.25) is 5.02 Å². The van der Waals surface area contributed by atoms with Crippen molar-refractivity contribution in [3.05, 3.63) is 29.3 Å². The maximum atomic E-state index is 12.8. The standard InChI is InChI=1S/C15H21ClN2O3/c1-14(2,15(3,4)17)13(21)18(9-12(19)20)11-7-5-6-10(16)8-11/h5-8H,9,17H2,1-4H3,(H,19,20). The van der Waals surface area contributed by atoms with E-state index in [0.717, 1.165) is 0 Å². The second-order valence-electron chi connectivity index (χ2n) is 6.11. The summed E-state index contributed by atoms with van der Waals surface area (Å²) in [6.45, 7) is 6.44. The number of carbonyl (C=O) groups is 2. The Morgan fingerprint density at radius 1 is 1.29 bits per heavy atom. The summed E-state index contributed by atoms with van der Waals surface area (Å²) in [7, 11) is 0. The molecular formula is C15H21ClN2O3. The van der Waals surface area contributed by atoms with Gasteiger partial charge < -0.3 is 15.7 Å². The predicted octanol–water partition coefficient (Wildman–Crippen LogP) is 2.52. The lowest BCUT2D eigenvalue weighted by molar-refractivity contribution is -0.138. The van der Waals surface area contributed by atoms with Crippen LogP contribution in [0.25, 0.3) is 0 Å². The molecular weight excluding hydrogens is 292 g/mol. The average Bonchev–Trinajstić information content (AvgIpc) is 2.33. The number of hydrogen-bond acceptors (Lipinski definition) is 3. The van der Waals surface area contributed by atoms with Gasteiger partial charge in [0.2, 0.25) is 5.91 Å². The van der Waals surface area contributed by atoms with E-state index in [1.165, 1.54) is 4.90 Å². The number of benzene rings is 1. The average molecular weight is 313 g/mol. The van der Waals surface area contributed by atoms with Crippen molar-refractivity contribution >= 4 is 29.2 Å². The van der Waals surface area contributed by atoms with E-state index in [1.807, 2.05) is 0 Å². The Kier molecular flexibility index (Phi) is 5.02. The number of carbonyl (C=O) groups excluding carboxylic acids is 1. The van der Waals surface area contributed by atoms with Gasteiger partial charge in [-0.1, -0.05) is 17.7 Å². The van der Waals surface area contributed by atoms with Crippen LogP contribution in [0.5, 0.6) is 0 Å². The second kappa shape index (κ2) is 6.03. The zero-order valence-corrected chi connectivity index (χ0v) is 13.4. The van der Waals surface area contributed by atoms with Crippen LogP contribution < -0.4 is 10.6 Å². The van der Waals surface area contributed by atoms with E-state index in [2.05, 4.69) is 0 Å². The summed E-state index contributed by atoms with van der Waals surface area (Å²) in [6.07, 6.45) is 0. The fourth-order valence-electron chi connectivity index (χ4n) is 1.67. The van der Waals surface area contributed by atoms with E-state index >= 15 is 0 Å². The van der Waals surface area contributed by atoms with Crippen molar-refractivity contribution in [2.45, 2.75) is 33.2 Å². The molecule has 0 unspecified atom stereocenters. The molecule has 0 aliphatic carbocycles. The van der Waals surface area contributed by atoms with Gasteiger partial charge in [-0.15, -0.1) is 0 Å². The maximum absolute atomic E-state index is 12.8. The number of halogens is 1. The van der Waals surface area contributed by atoms with Crippen molar-refractivity contribution < 1.29 is 14.7 Å². The zero-order chi connectivity index (χ0) is 16.4. The Bertz CT molecular complexity index is 550. The van der Waals surface area contributed by atoms with Crippen molar-refractivity contribution in [1.29, 1.82) is 0 Å². The lowest BCUT2D eigenvalue weighted by Crippen LogP contribution is -2.57.